The van der Waals surface area contributed by atoms with Gasteiger partial charge in [-0.25, -0.2) is 0 Å². The van der Waals surface area contributed by atoms with Crippen molar-refractivity contribution < 1.29 is 18.7 Å². The minimum absolute atomic E-state index is 0.365. The average molecular weight is 279 g/mol. The molecule has 7 nitrogen and oxygen atoms in total. The lowest BCUT2D eigenvalue weighted by Gasteiger charge is -2.17. The first kappa shape index (κ1) is 14.1. The van der Waals surface area contributed by atoms with Crippen molar-refractivity contribution in [2.45, 2.75) is 13.0 Å². The molecular weight excluding hydrogens is 262 g/mol. The SMILES string of the molecule is COc1cc(OC)c(C(N)c2noc(C)n2)c(OC)c1. The number of benzene rings is 1. The number of hydrogen-bond acceptors (Lipinski definition) is 7. The zero-order chi connectivity index (χ0) is 14.7. The minimum Gasteiger partial charge on any atom is -0.496 e. The number of aromatic nitrogens is 2. The van der Waals surface area contributed by atoms with Gasteiger partial charge in [-0.2, -0.15) is 4.98 Å². The van der Waals surface area contributed by atoms with Gasteiger partial charge in [0, 0.05) is 19.1 Å². The fourth-order valence-corrected chi connectivity index (χ4v) is 1.91. The monoisotopic (exact) mass is 279 g/mol. The minimum atomic E-state index is -0.622. The van der Waals surface area contributed by atoms with Gasteiger partial charge in [0.2, 0.25) is 5.89 Å². The molecule has 1 atom stereocenters. The maximum Gasteiger partial charge on any atom is 0.223 e. The van der Waals surface area contributed by atoms with Crippen molar-refractivity contribution >= 4 is 0 Å². The predicted octanol–water partition coefficient (Wildman–Crippen LogP) is 1.45. The molecule has 20 heavy (non-hydrogen) atoms. The van der Waals surface area contributed by atoms with Gasteiger partial charge in [-0.3, -0.25) is 0 Å². The summed E-state index contributed by atoms with van der Waals surface area (Å²) < 4.78 is 20.9. The van der Waals surface area contributed by atoms with Crippen LogP contribution in [-0.4, -0.2) is 31.5 Å². The summed E-state index contributed by atoms with van der Waals surface area (Å²) in [6.45, 7) is 1.70. The van der Waals surface area contributed by atoms with Crippen molar-refractivity contribution in [1.29, 1.82) is 0 Å². The van der Waals surface area contributed by atoms with E-state index >= 15 is 0 Å². The molecular formula is C13H17N3O4. The van der Waals surface area contributed by atoms with Crippen LogP contribution in [0.1, 0.15) is 23.3 Å². The second-order valence-electron chi connectivity index (χ2n) is 4.09. The summed E-state index contributed by atoms with van der Waals surface area (Å²) in [5.74, 6) is 2.50. The Morgan fingerprint density at radius 2 is 1.70 bits per heavy atom. The summed E-state index contributed by atoms with van der Waals surface area (Å²) >= 11 is 0. The van der Waals surface area contributed by atoms with Crippen molar-refractivity contribution in [2.24, 2.45) is 5.73 Å². The van der Waals surface area contributed by atoms with Gasteiger partial charge in [-0.15, -0.1) is 0 Å². The number of aryl methyl sites for hydroxylation is 1. The Morgan fingerprint density at radius 3 is 2.10 bits per heavy atom. The zero-order valence-electron chi connectivity index (χ0n) is 11.8. The topological polar surface area (TPSA) is 92.6 Å². The highest BCUT2D eigenvalue weighted by atomic mass is 16.5. The first-order chi connectivity index (χ1) is 9.60. The third kappa shape index (κ3) is 2.53. The average Bonchev–Trinajstić information content (AvgIpc) is 2.91. The van der Waals surface area contributed by atoms with E-state index in [1.807, 2.05) is 0 Å². The molecule has 0 fully saturated rings. The Morgan fingerprint density at radius 1 is 1.10 bits per heavy atom. The van der Waals surface area contributed by atoms with Gasteiger partial charge in [0.1, 0.15) is 23.3 Å². The number of methoxy groups -OCH3 is 3. The summed E-state index contributed by atoms with van der Waals surface area (Å²) in [5.41, 5.74) is 6.82. The largest absolute Gasteiger partial charge is 0.496 e. The van der Waals surface area contributed by atoms with Gasteiger partial charge >= 0.3 is 0 Å². The van der Waals surface area contributed by atoms with E-state index < -0.39 is 6.04 Å². The van der Waals surface area contributed by atoms with Crippen molar-refractivity contribution in [3.8, 4) is 17.2 Å². The van der Waals surface area contributed by atoms with E-state index in [-0.39, 0.29) is 0 Å². The van der Waals surface area contributed by atoms with Crippen LogP contribution in [-0.2, 0) is 0 Å². The summed E-state index contributed by atoms with van der Waals surface area (Å²) in [4.78, 5) is 4.14. The quantitative estimate of drug-likeness (QED) is 0.885. The molecule has 0 spiro atoms. The van der Waals surface area contributed by atoms with E-state index in [4.69, 9.17) is 24.5 Å². The maximum absolute atomic E-state index is 6.19. The first-order valence-electron chi connectivity index (χ1n) is 5.96. The normalized spacial score (nSPS) is 12.1. The second kappa shape index (κ2) is 5.79. The molecule has 1 aromatic heterocycles. The molecule has 7 heteroatoms. The lowest BCUT2D eigenvalue weighted by Crippen LogP contribution is -2.16. The van der Waals surface area contributed by atoms with Crippen LogP contribution in [0.15, 0.2) is 16.7 Å². The van der Waals surface area contributed by atoms with Crippen LogP contribution in [0.25, 0.3) is 0 Å². The molecule has 0 aliphatic rings. The lowest BCUT2D eigenvalue weighted by molar-refractivity contribution is 0.362. The zero-order valence-corrected chi connectivity index (χ0v) is 11.8. The van der Waals surface area contributed by atoms with Crippen LogP contribution in [0.2, 0.25) is 0 Å². The Labute approximate surface area is 116 Å². The first-order valence-corrected chi connectivity index (χ1v) is 5.96. The maximum atomic E-state index is 6.19. The van der Waals surface area contributed by atoms with Crippen molar-refractivity contribution in [2.75, 3.05) is 21.3 Å². The smallest absolute Gasteiger partial charge is 0.223 e. The van der Waals surface area contributed by atoms with Gasteiger partial charge < -0.3 is 24.5 Å². The summed E-state index contributed by atoms with van der Waals surface area (Å²) in [6.07, 6.45) is 0. The highest BCUT2D eigenvalue weighted by molar-refractivity contribution is 5.53. The van der Waals surface area contributed by atoms with Crippen LogP contribution in [0.5, 0.6) is 17.2 Å². The van der Waals surface area contributed by atoms with Crippen molar-refractivity contribution in [3.05, 3.63) is 29.4 Å². The Bertz CT molecular complexity index is 572. The summed E-state index contributed by atoms with van der Waals surface area (Å²) in [6, 6.07) is 2.83. The molecule has 2 rings (SSSR count). The molecule has 1 heterocycles. The van der Waals surface area contributed by atoms with E-state index in [0.29, 0.717) is 34.5 Å². The second-order valence-corrected chi connectivity index (χ2v) is 4.09. The van der Waals surface area contributed by atoms with Gasteiger partial charge in [0.05, 0.1) is 26.9 Å². The molecule has 1 aromatic carbocycles. The van der Waals surface area contributed by atoms with Gasteiger partial charge in [0.25, 0.3) is 0 Å². The summed E-state index contributed by atoms with van der Waals surface area (Å²) in [5, 5.41) is 3.83. The van der Waals surface area contributed by atoms with E-state index in [2.05, 4.69) is 10.1 Å². The molecule has 2 N–H and O–H groups in total. The fraction of sp³-hybridized carbons (Fsp3) is 0.385. The molecule has 0 aliphatic heterocycles. The summed E-state index contributed by atoms with van der Waals surface area (Å²) in [7, 11) is 4.66. The molecule has 0 saturated heterocycles. The van der Waals surface area contributed by atoms with Crippen LogP contribution < -0.4 is 19.9 Å². The van der Waals surface area contributed by atoms with E-state index in [1.165, 1.54) is 0 Å². The van der Waals surface area contributed by atoms with E-state index in [0.717, 1.165) is 0 Å². The Balaban J connectivity index is 2.53. The van der Waals surface area contributed by atoms with Crippen LogP contribution in [0, 0.1) is 6.92 Å². The third-order valence-electron chi connectivity index (χ3n) is 2.89. The lowest BCUT2D eigenvalue weighted by atomic mass is 10.0. The highest BCUT2D eigenvalue weighted by Gasteiger charge is 2.24. The van der Waals surface area contributed by atoms with Crippen molar-refractivity contribution in [3.63, 3.8) is 0 Å². The Hall–Kier alpha value is -2.28. The highest BCUT2D eigenvalue weighted by Crippen LogP contribution is 2.38. The molecule has 1 unspecified atom stereocenters. The van der Waals surface area contributed by atoms with Crippen molar-refractivity contribution in [1.82, 2.24) is 10.1 Å². The number of rotatable bonds is 5. The van der Waals surface area contributed by atoms with Crippen LogP contribution >= 0.6 is 0 Å². The van der Waals surface area contributed by atoms with E-state index in [1.54, 1.807) is 40.4 Å². The predicted molar refractivity (Wildman–Crippen MR) is 71.2 cm³/mol. The number of hydrogen-bond donors (Lipinski definition) is 1. The molecule has 0 radical (unpaired) electrons. The van der Waals surface area contributed by atoms with Gasteiger partial charge in [-0.1, -0.05) is 5.16 Å². The van der Waals surface area contributed by atoms with Crippen LogP contribution in [0.4, 0.5) is 0 Å². The molecule has 0 bridgehead atoms. The molecule has 0 aliphatic carbocycles. The third-order valence-corrected chi connectivity index (χ3v) is 2.89. The molecule has 108 valence electrons. The standard InChI is InChI=1S/C13H17N3O4/c1-7-15-13(16-20-7)12(14)11-9(18-3)5-8(17-2)6-10(11)19-4/h5-6,12H,14H2,1-4H3. The number of nitrogens with two attached hydrogens (primary N) is 1. The molecule has 2 aromatic rings. The van der Waals surface area contributed by atoms with E-state index in [9.17, 15) is 0 Å². The van der Waals surface area contributed by atoms with Crippen LogP contribution in [0.3, 0.4) is 0 Å². The number of nitrogens with zero attached hydrogens (tertiary/aromatic N) is 2. The fourth-order valence-electron chi connectivity index (χ4n) is 1.91. The molecule has 0 saturated carbocycles. The van der Waals surface area contributed by atoms with Gasteiger partial charge in [0.15, 0.2) is 5.82 Å². The Kier molecular flexibility index (Phi) is 4.09. The molecule has 0 amide bonds. The number of ether oxygens (including phenoxy) is 3. The van der Waals surface area contributed by atoms with Gasteiger partial charge in [-0.05, 0) is 0 Å².